The maximum absolute atomic E-state index is 13.5. The molecule has 4 aromatic rings. The number of nitrogens with zero attached hydrogens (tertiary/aromatic N) is 6. The van der Waals surface area contributed by atoms with Crippen molar-refractivity contribution in [1.29, 1.82) is 0 Å². The second-order valence-corrected chi connectivity index (χ2v) is 18.7. The first-order valence-electron chi connectivity index (χ1n) is 22.5. The number of ether oxygens (including phenoxy) is 2. The highest BCUT2D eigenvalue weighted by molar-refractivity contribution is 6.33. The number of amides is 4. The van der Waals surface area contributed by atoms with Gasteiger partial charge in [0, 0.05) is 86.5 Å². The fourth-order valence-electron chi connectivity index (χ4n) is 10.0. The summed E-state index contributed by atoms with van der Waals surface area (Å²) in [6.07, 6.45) is 5.84. The van der Waals surface area contributed by atoms with Crippen molar-refractivity contribution >= 4 is 75.2 Å². The summed E-state index contributed by atoms with van der Waals surface area (Å²) >= 11 is 13.8. The van der Waals surface area contributed by atoms with Crippen LogP contribution in [0.1, 0.15) is 92.9 Å². The highest BCUT2D eigenvalue weighted by Crippen LogP contribution is 2.43. The van der Waals surface area contributed by atoms with Gasteiger partial charge in [-0.25, -0.2) is 4.98 Å². The molecule has 0 radical (unpaired) electrons. The average molecular weight is 930 g/mol. The molecule has 2 aromatic carbocycles. The number of piperidine rings is 2. The molecule has 19 heteroatoms. The van der Waals surface area contributed by atoms with Gasteiger partial charge in [0.15, 0.2) is 18.2 Å². The van der Waals surface area contributed by atoms with Crippen molar-refractivity contribution in [3.63, 3.8) is 0 Å². The molecule has 4 amide bonds. The minimum absolute atomic E-state index is 0.00645. The predicted octanol–water partition coefficient (Wildman–Crippen LogP) is 4.86. The molecule has 2 aromatic heterocycles. The van der Waals surface area contributed by atoms with Crippen LogP contribution >= 0.6 is 23.2 Å². The molecule has 0 unspecified atom stereocenters. The van der Waals surface area contributed by atoms with Crippen LogP contribution < -0.4 is 36.5 Å². The van der Waals surface area contributed by atoms with Crippen LogP contribution in [0.3, 0.4) is 0 Å². The molecule has 344 valence electrons. The third-order valence-electron chi connectivity index (χ3n) is 13.5. The number of benzene rings is 2. The number of hydrogen-bond donors (Lipinski definition) is 4. The number of carbonyl (C=O) groups excluding carboxylic acids is 4. The summed E-state index contributed by atoms with van der Waals surface area (Å²) in [5.41, 5.74) is 3.34. The van der Waals surface area contributed by atoms with Gasteiger partial charge < -0.3 is 39.8 Å². The summed E-state index contributed by atoms with van der Waals surface area (Å²) in [6.45, 7) is 9.13. The van der Waals surface area contributed by atoms with Crippen molar-refractivity contribution in [3.8, 4) is 5.75 Å². The third-order valence-corrected chi connectivity index (χ3v) is 14.2. The number of imide groups is 1. The first-order valence-corrected chi connectivity index (χ1v) is 23.2. The van der Waals surface area contributed by atoms with Crippen molar-refractivity contribution in [2.75, 3.05) is 50.1 Å². The van der Waals surface area contributed by atoms with Crippen LogP contribution in [0.5, 0.6) is 5.75 Å². The van der Waals surface area contributed by atoms with Crippen LogP contribution in [0.4, 0.5) is 17.5 Å². The van der Waals surface area contributed by atoms with Gasteiger partial charge >= 0.3 is 0 Å². The van der Waals surface area contributed by atoms with E-state index < -0.39 is 11.9 Å². The minimum atomic E-state index is -0.697. The van der Waals surface area contributed by atoms with E-state index >= 15 is 0 Å². The minimum Gasteiger partial charge on any atom is -0.478 e. The largest absolute Gasteiger partial charge is 0.478 e. The van der Waals surface area contributed by atoms with Crippen LogP contribution in [0, 0.1) is 0 Å². The topological polar surface area (TPSA) is 192 Å². The Bertz CT molecular complexity index is 2600. The summed E-state index contributed by atoms with van der Waals surface area (Å²) in [7, 11) is 1.51. The number of carbonyl (C=O) groups is 4. The molecule has 4 N–H and O–H groups in total. The van der Waals surface area contributed by atoms with E-state index in [1.165, 1.54) is 7.05 Å². The van der Waals surface area contributed by atoms with Gasteiger partial charge in [0.1, 0.15) is 11.1 Å². The molecule has 6 heterocycles. The SMILES string of the molecule is CNC(=O)COc1cc2cc(Nc3nc(N4CCC(OC5CC(N6CCN[C@H](C)[C@H]6c6ccc7c(c6Cl)CN([C@@H]6CCC(=O)NC6=O)C7=O)C5)CC4)ncc3Cl)ccc2n(C(C)C)c1=O. The van der Waals surface area contributed by atoms with Gasteiger partial charge in [0.2, 0.25) is 17.8 Å². The number of anilines is 3. The Kier molecular flexibility index (Phi) is 12.8. The Hall–Kier alpha value is -5.33. The number of pyridine rings is 1. The summed E-state index contributed by atoms with van der Waals surface area (Å²) in [5, 5.41) is 13.5. The van der Waals surface area contributed by atoms with E-state index in [1.807, 2.05) is 44.2 Å². The molecule has 9 rings (SSSR count). The zero-order valence-corrected chi connectivity index (χ0v) is 38.4. The summed E-state index contributed by atoms with van der Waals surface area (Å²) in [4.78, 5) is 78.7. The van der Waals surface area contributed by atoms with Gasteiger partial charge in [-0.2, -0.15) is 4.98 Å². The molecule has 5 aliphatic rings. The van der Waals surface area contributed by atoms with Gasteiger partial charge in [0.25, 0.3) is 17.4 Å². The van der Waals surface area contributed by atoms with Crippen molar-refractivity contribution < 1.29 is 28.7 Å². The van der Waals surface area contributed by atoms with Gasteiger partial charge in [0.05, 0.1) is 35.0 Å². The van der Waals surface area contributed by atoms with Gasteiger partial charge in [-0.15, -0.1) is 0 Å². The maximum Gasteiger partial charge on any atom is 0.293 e. The van der Waals surface area contributed by atoms with Crippen molar-refractivity contribution in [2.24, 2.45) is 0 Å². The first kappa shape index (κ1) is 44.9. The van der Waals surface area contributed by atoms with Gasteiger partial charge in [-0.05, 0) is 88.8 Å². The van der Waals surface area contributed by atoms with Crippen LogP contribution in [0.2, 0.25) is 10.0 Å². The normalized spacial score (nSPS) is 24.0. The molecular weight excluding hydrogens is 875 g/mol. The van der Waals surface area contributed by atoms with E-state index in [1.54, 1.807) is 21.7 Å². The lowest BCUT2D eigenvalue weighted by Crippen LogP contribution is -2.59. The number of aromatic nitrogens is 3. The predicted molar refractivity (Wildman–Crippen MR) is 246 cm³/mol. The lowest BCUT2D eigenvalue weighted by atomic mass is 9.83. The number of piperazine rings is 1. The molecule has 1 aliphatic carbocycles. The number of nitrogens with one attached hydrogen (secondary N) is 4. The Morgan fingerprint density at radius 3 is 2.52 bits per heavy atom. The molecule has 3 saturated heterocycles. The number of hydrogen-bond acceptors (Lipinski definition) is 13. The van der Waals surface area contributed by atoms with E-state index in [0.717, 1.165) is 73.9 Å². The molecule has 3 atom stereocenters. The van der Waals surface area contributed by atoms with E-state index in [-0.39, 0.29) is 78.9 Å². The van der Waals surface area contributed by atoms with Gasteiger partial charge in [-0.1, -0.05) is 29.3 Å². The van der Waals surface area contributed by atoms with Crippen molar-refractivity contribution in [3.05, 3.63) is 79.7 Å². The van der Waals surface area contributed by atoms with E-state index in [4.69, 9.17) is 37.7 Å². The highest BCUT2D eigenvalue weighted by atomic mass is 35.5. The third kappa shape index (κ3) is 8.88. The van der Waals surface area contributed by atoms with Crippen molar-refractivity contribution in [2.45, 2.75) is 108 Å². The zero-order valence-electron chi connectivity index (χ0n) is 36.9. The van der Waals surface area contributed by atoms with Gasteiger partial charge in [-0.3, -0.25) is 34.2 Å². The van der Waals surface area contributed by atoms with Crippen LogP contribution in [0.25, 0.3) is 10.9 Å². The Morgan fingerprint density at radius 1 is 1.00 bits per heavy atom. The molecule has 1 saturated carbocycles. The Balaban J connectivity index is 0.807. The molecule has 4 aliphatic heterocycles. The summed E-state index contributed by atoms with van der Waals surface area (Å²) < 4.78 is 14.0. The number of rotatable bonds is 12. The lowest BCUT2D eigenvalue weighted by molar-refractivity contribution is -0.137. The molecule has 0 bridgehead atoms. The zero-order chi connectivity index (χ0) is 45.7. The smallest absolute Gasteiger partial charge is 0.293 e. The average Bonchev–Trinajstić information content (AvgIpc) is 3.61. The summed E-state index contributed by atoms with van der Waals surface area (Å²) in [6, 6.07) is 10.7. The first-order chi connectivity index (χ1) is 31.3. The number of fused-ring (bicyclic) bond motifs is 2. The molecular formula is C46H54Cl2N10O7. The van der Waals surface area contributed by atoms with Crippen LogP contribution in [0.15, 0.2) is 47.4 Å². The van der Waals surface area contributed by atoms with E-state index in [0.29, 0.717) is 45.5 Å². The molecule has 4 fully saturated rings. The second kappa shape index (κ2) is 18.5. The van der Waals surface area contributed by atoms with E-state index in [9.17, 15) is 24.0 Å². The standard InChI is InChI=1S/C46H54Cl2N10O7/c1-24(2)58-35-8-5-27(17-26(35)18-37(45(58)63)64-23-39(60)49-4)52-42-34(47)21-51-46(54-42)55-14-11-29(12-15-55)65-30-19-28(20-30)56-16-13-50-25(3)41(56)32-7-6-31-33(40(32)48)22-57(44(31)62)36-9-10-38(59)53-43(36)61/h5-8,17-18,21,24-25,28-30,36,41,50H,9-16,19-20,22-23H2,1-4H3,(H,49,60)(H,51,52,54)(H,53,59,61)/t25-,28?,30?,36-,41+/m1/s1. The molecule has 17 nitrogen and oxygen atoms in total. The fraction of sp³-hybridized carbons (Fsp3) is 0.500. The second-order valence-electron chi connectivity index (χ2n) is 17.9. The quantitative estimate of drug-likeness (QED) is 0.141. The fourth-order valence-corrected chi connectivity index (χ4v) is 10.5. The van der Waals surface area contributed by atoms with Crippen molar-refractivity contribution in [1.82, 2.24) is 40.3 Å². The number of likely N-dealkylation sites (N-methyl/N-ethyl adjacent to an activating group) is 1. The Morgan fingerprint density at radius 2 is 1.78 bits per heavy atom. The Labute approximate surface area is 386 Å². The monoisotopic (exact) mass is 928 g/mol. The van der Waals surface area contributed by atoms with Crippen LogP contribution in [-0.2, 0) is 25.7 Å². The highest BCUT2D eigenvalue weighted by Gasteiger charge is 2.45. The van der Waals surface area contributed by atoms with E-state index in [2.05, 4.69) is 43.0 Å². The lowest BCUT2D eigenvalue weighted by Gasteiger charge is -2.51. The number of halogens is 2. The molecule has 65 heavy (non-hydrogen) atoms. The summed E-state index contributed by atoms with van der Waals surface area (Å²) in [5.74, 6) is -0.224. The van der Waals surface area contributed by atoms with Crippen LogP contribution in [-0.4, -0.2) is 118 Å². The maximum atomic E-state index is 13.5. The molecule has 0 spiro atoms.